The van der Waals surface area contributed by atoms with E-state index in [9.17, 15) is 5.11 Å². The van der Waals surface area contributed by atoms with E-state index < -0.39 is 0 Å². The molecular formula is C18H18N2O2. The van der Waals surface area contributed by atoms with Gasteiger partial charge in [-0.3, -0.25) is 4.68 Å². The molecule has 0 aliphatic rings. The van der Waals surface area contributed by atoms with Crippen LogP contribution >= 0.6 is 0 Å². The van der Waals surface area contributed by atoms with Crippen LogP contribution in [0.5, 0.6) is 5.75 Å². The topological polar surface area (TPSA) is 47.3 Å². The van der Waals surface area contributed by atoms with E-state index in [-0.39, 0.29) is 6.61 Å². The minimum atomic E-state index is -0.0597. The van der Waals surface area contributed by atoms with Crippen LogP contribution in [0.4, 0.5) is 0 Å². The minimum Gasteiger partial charge on any atom is -0.489 e. The van der Waals surface area contributed by atoms with E-state index in [4.69, 9.17) is 4.74 Å². The van der Waals surface area contributed by atoms with Gasteiger partial charge in [-0.25, -0.2) is 0 Å². The van der Waals surface area contributed by atoms with Crippen molar-refractivity contribution in [3.05, 3.63) is 71.9 Å². The van der Waals surface area contributed by atoms with Gasteiger partial charge in [-0.1, -0.05) is 30.3 Å². The Morgan fingerprint density at radius 2 is 1.91 bits per heavy atom. The standard InChI is InChI=1S/C18H18N2O2/c1-20-17(9-10-19-20)15-7-8-18(16(11-15)12-21)22-13-14-5-3-2-4-6-14/h2-11,21H,12-13H2,1H3. The molecule has 0 fully saturated rings. The van der Waals surface area contributed by atoms with Gasteiger partial charge in [-0.05, 0) is 29.8 Å². The zero-order chi connectivity index (χ0) is 15.4. The Morgan fingerprint density at radius 1 is 1.09 bits per heavy atom. The van der Waals surface area contributed by atoms with Gasteiger partial charge in [-0.2, -0.15) is 5.10 Å². The minimum absolute atomic E-state index is 0.0597. The number of rotatable bonds is 5. The lowest BCUT2D eigenvalue weighted by Crippen LogP contribution is -2.00. The molecule has 0 spiro atoms. The Kier molecular flexibility index (Phi) is 4.21. The molecule has 3 aromatic rings. The van der Waals surface area contributed by atoms with Crippen molar-refractivity contribution in [1.82, 2.24) is 9.78 Å². The Morgan fingerprint density at radius 3 is 2.59 bits per heavy atom. The number of aryl methyl sites for hydroxylation is 1. The van der Waals surface area contributed by atoms with Crippen LogP contribution < -0.4 is 4.74 Å². The number of benzene rings is 2. The van der Waals surface area contributed by atoms with Crippen molar-refractivity contribution in [2.24, 2.45) is 7.05 Å². The van der Waals surface area contributed by atoms with Gasteiger partial charge < -0.3 is 9.84 Å². The van der Waals surface area contributed by atoms with Crippen molar-refractivity contribution in [2.45, 2.75) is 13.2 Å². The summed E-state index contributed by atoms with van der Waals surface area (Å²) in [6, 6.07) is 17.7. The maximum Gasteiger partial charge on any atom is 0.125 e. The second kappa shape index (κ2) is 6.45. The van der Waals surface area contributed by atoms with E-state index in [0.717, 1.165) is 22.4 Å². The number of ether oxygens (including phenoxy) is 1. The highest BCUT2D eigenvalue weighted by atomic mass is 16.5. The maximum atomic E-state index is 9.60. The van der Waals surface area contributed by atoms with E-state index in [0.29, 0.717) is 12.4 Å². The average Bonchev–Trinajstić information content (AvgIpc) is 3.00. The van der Waals surface area contributed by atoms with Gasteiger partial charge in [-0.15, -0.1) is 0 Å². The van der Waals surface area contributed by atoms with Gasteiger partial charge >= 0.3 is 0 Å². The first-order valence-electron chi connectivity index (χ1n) is 7.17. The summed E-state index contributed by atoms with van der Waals surface area (Å²) in [5.74, 6) is 0.706. The molecule has 0 radical (unpaired) electrons. The summed E-state index contributed by atoms with van der Waals surface area (Å²) in [6.45, 7) is 0.425. The molecule has 0 aliphatic carbocycles. The smallest absolute Gasteiger partial charge is 0.125 e. The molecule has 1 heterocycles. The lowest BCUT2D eigenvalue weighted by Gasteiger charge is -2.12. The molecule has 22 heavy (non-hydrogen) atoms. The molecular weight excluding hydrogens is 276 g/mol. The zero-order valence-electron chi connectivity index (χ0n) is 12.4. The van der Waals surface area contributed by atoms with E-state index in [1.54, 1.807) is 10.9 Å². The SMILES string of the molecule is Cn1nccc1-c1ccc(OCc2ccccc2)c(CO)c1. The van der Waals surface area contributed by atoms with Crippen LogP contribution in [0.25, 0.3) is 11.3 Å². The number of hydrogen-bond acceptors (Lipinski definition) is 3. The quantitative estimate of drug-likeness (QED) is 0.786. The van der Waals surface area contributed by atoms with E-state index >= 15 is 0 Å². The highest BCUT2D eigenvalue weighted by Gasteiger charge is 2.08. The Labute approximate surface area is 129 Å². The third-order valence-corrected chi connectivity index (χ3v) is 3.58. The predicted octanol–water partition coefficient (Wildman–Crippen LogP) is 3.16. The average molecular weight is 294 g/mol. The molecule has 0 amide bonds. The largest absolute Gasteiger partial charge is 0.489 e. The molecule has 0 saturated carbocycles. The van der Waals surface area contributed by atoms with Crippen molar-refractivity contribution in [2.75, 3.05) is 0 Å². The number of aliphatic hydroxyl groups is 1. The van der Waals surface area contributed by atoms with Crippen molar-refractivity contribution in [3.63, 3.8) is 0 Å². The maximum absolute atomic E-state index is 9.60. The van der Waals surface area contributed by atoms with Crippen molar-refractivity contribution in [3.8, 4) is 17.0 Å². The van der Waals surface area contributed by atoms with Crippen LogP contribution in [-0.4, -0.2) is 14.9 Å². The third kappa shape index (κ3) is 3.02. The van der Waals surface area contributed by atoms with E-state index in [1.165, 1.54) is 0 Å². The van der Waals surface area contributed by atoms with Gasteiger partial charge in [0.2, 0.25) is 0 Å². The predicted molar refractivity (Wildman–Crippen MR) is 85.3 cm³/mol. The molecule has 112 valence electrons. The molecule has 1 aromatic heterocycles. The molecule has 0 bridgehead atoms. The number of nitrogens with zero attached hydrogens (tertiary/aromatic N) is 2. The Bertz CT molecular complexity index is 751. The van der Waals surface area contributed by atoms with Crippen molar-refractivity contribution < 1.29 is 9.84 Å². The summed E-state index contributed by atoms with van der Waals surface area (Å²) < 4.78 is 7.64. The fourth-order valence-electron chi connectivity index (χ4n) is 2.40. The zero-order valence-corrected chi connectivity index (χ0v) is 12.4. The fourth-order valence-corrected chi connectivity index (χ4v) is 2.40. The van der Waals surface area contributed by atoms with Gasteiger partial charge in [0.15, 0.2) is 0 Å². The molecule has 0 unspecified atom stereocenters. The van der Waals surface area contributed by atoms with Crippen LogP contribution in [0.15, 0.2) is 60.8 Å². The molecule has 0 atom stereocenters. The van der Waals surface area contributed by atoms with Gasteiger partial charge in [0.25, 0.3) is 0 Å². The summed E-state index contributed by atoms with van der Waals surface area (Å²) >= 11 is 0. The Balaban J connectivity index is 1.82. The Hall–Kier alpha value is -2.59. The molecule has 0 saturated heterocycles. The number of hydrogen-bond donors (Lipinski definition) is 1. The second-order valence-corrected chi connectivity index (χ2v) is 5.09. The summed E-state index contributed by atoms with van der Waals surface area (Å²) in [4.78, 5) is 0. The number of aromatic nitrogens is 2. The van der Waals surface area contributed by atoms with Crippen LogP contribution in [0.3, 0.4) is 0 Å². The lowest BCUT2D eigenvalue weighted by atomic mass is 10.1. The number of aliphatic hydroxyl groups excluding tert-OH is 1. The van der Waals surface area contributed by atoms with Gasteiger partial charge in [0.1, 0.15) is 12.4 Å². The summed E-state index contributed by atoms with van der Waals surface area (Å²) in [5.41, 5.74) is 3.89. The molecule has 3 rings (SSSR count). The molecule has 2 aromatic carbocycles. The molecule has 0 aliphatic heterocycles. The summed E-state index contributed by atoms with van der Waals surface area (Å²) in [6.07, 6.45) is 1.76. The first-order valence-corrected chi connectivity index (χ1v) is 7.17. The van der Waals surface area contributed by atoms with Crippen molar-refractivity contribution >= 4 is 0 Å². The molecule has 4 nitrogen and oxygen atoms in total. The summed E-state index contributed by atoms with van der Waals surface area (Å²) in [7, 11) is 1.90. The van der Waals surface area contributed by atoms with Crippen LogP contribution in [0, 0.1) is 0 Å². The monoisotopic (exact) mass is 294 g/mol. The van der Waals surface area contributed by atoms with E-state index in [1.807, 2.05) is 61.6 Å². The normalized spacial score (nSPS) is 10.6. The van der Waals surface area contributed by atoms with Gasteiger partial charge in [0.05, 0.1) is 12.3 Å². The first-order chi connectivity index (χ1) is 10.8. The van der Waals surface area contributed by atoms with Gasteiger partial charge in [0, 0.05) is 24.4 Å². The third-order valence-electron chi connectivity index (χ3n) is 3.58. The van der Waals surface area contributed by atoms with Crippen LogP contribution in [0.1, 0.15) is 11.1 Å². The van der Waals surface area contributed by atoms with Crippen LogP contribution in [0.2, 0.25) is 0 Å². The first kappa shape index (κ1) is 14.4. The lowest BCUT2D eigenvalue weighted by molar-refractivity contribution is 0.259. The van der Waals surface area contributed by atoms with Crippen LogP contribution in [-0.2, 0) is 20.3 Å². The molecule has 4 heteroatoms. The highest BCUT2D eigenvalue weighted by molar-refractivity contribution is 5.62. The van der Waals surface area contributed by atoms with Crippen molar-refractivity contribution in [1.29, 1.82) is 0 Å². The summed E-state index contributed by atoms with van der Waals surface area (Å²) in [5, 5.41) is 13.8. The fraction of sp³-hybridized carbons (Fsp3) is 0.167. The van der Waals surface area contributed by atoms with E-state index in [2.05, 4.69) is 5.10 Å². The second-order valence-electron chi connectivity index (χ2n) is 5.09. The molecule has 1 N–H and O–H groups in total. The highest BCUT2D eigenvalue weighted by Crippen LogP contribution is 2.27.